The number of carbonyl (C=O) groups excluding carboxylic acids is 1. The number of rotatable bonds is 0. The van der Waals surface area contributed by atoms with Gasteiger partial charge in [-0.3, -0.25) is 4.79 Å². The van der Waals surface area contributed by atoms with E-state index in [0.29, 0.717) is 18.1 Å². The van der Waals surface area contributed by atoms with Crippen LogP contribution in [0, 0.1) is 11.8 Å². The smallest absolute Gasteiger partial charge is 0.137 e. The molecule has 4 atom stereocenters. The first-order valence-electron chi connectivity index (χ1n) is 3.52. The normalized spacial score (nSPS) is 52.4. The standard InChI is InChI=1S/C7H8Cl2O/c8-6-3-1-2-4(10)5(3)7(6)9/h3,5-7H,1-2H2/t3-,5-,6?,7?/m1/s1. The van der Waals surface area contributed by atoms with Crippen LogP contribution in [0.3, 0.4) is 0 Å². The summed E-state index contributed by atoms with van der Waals surface area (Å²) < 4.78 is 0. The molecule has 3 heteroatoms. The van der Waals surface area contributed by atoms with Crippen molar-refractivity contribution < 1.29 is 4.79 Å². The van der Waals surface area contributed by atoms with Crippen LogP contribution in [0.15, 0.2) is 0 Å². The number of Topliss-reactive ketones (excluding diaryl/α,β-unsaturated/α-hetero) is 1. The second-order valence-electron chi connectivity index (χ2n) is 3.08. The summed E-state index contributed by atoms with van der Waals surface area (Å²) in [6.45, 7) is 0. The minimum atomic E-state index is -0.0818. The molecule has 0 heterocycles. The minimum Gasteiger partial charge on any atom is -0.299 e. The predicted molar refractivity (Wildman–Crippen MR) is 40.5 cm³/mol. The molecule has 56 valence electrons. The van der Waals surface area contributed by atoms with E-state index in [1.165, 1.54) is 0 Å². The summed E-state index contributed by atoms with van der Waals surface area (Å²) in [6, 6.07) is 0. The van der Waals surface area contributed by atoms with E-state index in [-0.39, 0.29) is 16.7 Å². The lowest BCUT2D eigenvalue weighted by molar-refractivity contribution is -0.122. The van der Waals surface area contributed by atoms with Gasteiger partial charge >= 0.3 is 0 Å². The Kier molecular flexibility index (Phi) is 1.47. The van der Waals surface area contributed by atoms with Gasteiger partial charge in [0, 0.05) is 12.3 Å². The van der Waals surface area contributed by atoms with E-state index in [2.05, 4.69) is 0 Å². The number of alkyl halides is 2. The fourth-order valence-electron chi connectivity index (χ4n) is 1.95. The van der Waals surface area contributed by atoms with Crippen LogP contribution in [0.4, 0.5) is 0 Å². The van der Waals surface area contributed by atoms with Crippen molar-refractivity contribution in [1.82, 2.24) is 0 Å². The van der Waals surface area contributed by atoms with Gasteiger partial charge in [0.05, 0.1) is 10.8 Å². The molecule has 2 fully saturated rings. The van der Waals surface area contributed by atoms with Crippen LogP contribution >= 0.6 is 23.2 Å². The van der Waals surface area contributed by atoms with Crippen molar-refractivity contribution in [1.29, 1.82) is 0 Å². The zero-order valence-electron chi connectivity index (χ0n) is 5.39. The topological polar surface area (TPSA) is 17.1 Å². The zero-order chi connectivity index (χ0) is 7.30. The van der Waals surface area contributed by atoms with Crippen molar-refractivity contribution in [2.24, 2.45) is 11.8 Å². The summed E-state index contributed by atoms with van der Waals surface area (Å²) >= 11 is 11.7. The molecule has 0 radical (unpaired) electrons. The molecule has 0 spiro atoms. The van der Waals surface area contributed by atoms with Crippen molar-refractivity contribution >= 4 is 29.0 Å². The Hall–Kier alpha value is 0.250. The van der Waals surface area contributed by atoms with Crippen molar-refractivity contribution in [2.45, 2.75) is 23.6 Å². The molecule has 0 N–H and O–H groups in total. The van der Waals surface area contributed by atoms with E-state index in [4.69, 9.17) is 23.2 Å². The molecule has 2 rings (SSSR count). The Bertz CT molecular complexity index is 180. The van der Waals surface area contributed by atoms with E-state index in [9.17, 15) is 4.79 Å². The number of carbonyl (C=O) groups is 1. The third-order valence-corrected chi connectivity index (χ3v) is 3.88. The molecule has 0 aliphatic heterocycles. The van der Waals surface area contributed by atoms with Crippen molar-refractivity contribution in [3.05, 3.63) is 0 Å². The summed E-state index contributed by atoms with van der Waals surface area (Å²) in [5.74, 6) is 0.822. The molecule has 0 aromatic carbocycles. The van der Waals surface area contributed by atoms with Crippen LogP contribution < -0.4 is 0 Å². The van der Waals surface area contributed by atoms with Gasteiger partial charge in [-0.05, 0) is 12.3 Å². The lowest BCUT2D eigenvalue weighted by Crippen LogP contribution is -2.48. The molecule has 0 amide bonds. The van der Waals surface area contributed by atoms with Crippen LogP contribution in [0.1, 0.15) is 12.8 Å². The van der Waals surface area contributed by atoms with Crippen LogP contribution in [-0.2, 0) is 4.79 Å². The van der Waals surface area contributed by atoms with Crippen molar-refractivity contribution in [3.8, 4) is 0 Å². The largest absolute Gasteiger partial charge is 0.299 e. The molecule has 0 aromatic heterocycles. The molecule has 0 aromatic rings. The lowest BCUT2D eigenvalue weighted by Gasteiger charge is -2.40. The summed E-state index contributed by atoms with van der Waals surface area (Å²) in [4.78, 5) is 11.0. The van der Waals surface area contributed by atoms with Gasteiger partial charge in [-0.1, -0.05) is 0 Å². The average molecular weight is 179 g/mol. The van der Waals surface area contributed by atoms with E-state index in [0.717, 1.165) is 6.42 Å². The summed E-state index contributed by atoms with van der Waals surface area (Å²) in [5, 5.41) is -0.0280. The molecular weight excluding hydrogens is 171 g/mol. The predicted octanol–water partition coefficient (Wildman–Crippen LogP) is 1.81. The lowest BCUT2D eigenvalue weighted by atomic mass is 9.75. The number of hydrogen-bond donors (Lipinski definition) is 0. The third-order valence-electron chi connectivity index (χ3n) is 2.61. The summed E-state index contributed by atoms with van der Waals surface area (Å²) in [5.41, 5.74) is 0. The van der Waals surface area contributed by atoms with Gasteiger partial charge in [-0.2, -0.15) is 0 Å². The van der Waals surface area contributed by atoms with Crippen LogP contribution in [0.25, 0.3) is 0 Å². The van der Waals surface area contributed by atoms with Gasteiger partial charge in [-0.15, -0.1) is 23.2 Å². The first kappa shape index (κ1) is 6.93. The van der Waals surface area contributed by atoms with E-state index in [1.807, 2.05) is 0 Å². The maximum absolute atomic E-state index is 11.0. The first-order chi connectivity index (χ1) is 4.72. The monoisotopic (exact) mass is 178 g/mol. The molecule has 2 saturated carbocycles. The van der Waals surface area contributed by atoms with E-state index < -0.39 is 0 Å². The Morgan fingerprint density at radius 2 is 2.00 bits per heavy atom. The zero-order valence-corrected chi connectivity index (χ0v) is 6.90. The van der Waals surface area contributed by atoms with E-state index in [1.54, 1.807) is 0 Å². The highest BCUT2D eigenvalue weighted by atomic mass is 35.5. The molecule has 1 nitrogen and oxygen atoms in total. The second-order valence-corrected chi connectivity index (χ2v) is 4.09. The van der Waals surface area contributed by atoms with Gasteiger partial charge in [0.25, 0.3) is 0 Å². The number of halogens is 2. The fourth-order valence-corrected chi connectivity index (χ4v) is 2.91. The molecule has 2 unspecified atom stereocenters. The fraction of sp³-hybridized carbons (Fsp3) is 0.857. The van der Waals surface area contributed by atoms with Crippen molar-refractivity contribution in [2.75, 3.05) is 0 Å². The maximum atomic E-state index is 11.0. The van der Waals surface area contributed by atoms with Crippen molar-refractivity contribution in [3.63, 3.8) is 0 Å². The van der Waals surface area contributed by atoms with Gasteiger partial charge in [0.2, 0.25) is 0 Å². The summed E-state index contributed by atoms with van der Waals surface area (Å²) in [7, 11) is 0. The van der Waals surface area contributed by atoms with Crippen LogP contribution in [0.5, 0.6) is 0 Å². The van der Waals surface area contributed by atoms with Gasteiger partial charge in [-0.25, -0.2) is 0 Å². The highest BCUT2D eigenvalue weighted by Gasteiger charge is 2.55. The highest BCUT2D eigenvalue weighted by molar-refractivity contribution is 6.33. The Balaban J connectivity index is 2.16. The number of fused-ring (bicyclic) bond motifs is 1. The highest BCUT2D eigenvalue weighted by Crippen LogP contribution is 2.50. The molecule has 10 heavy (non-hydrogen) atoms. The van der Waals surface area contributed by atoms with Gasteiger partial charge < -0.3 is 0 Å². The third kappa shape index (κ3) is 0.680. The molecule has 2 aliphatic rings. The summed E-state index contributed by atoms with van der Waals surface area (Å²) in [6.07, 6.45) is 1.66. The van der Waals surface area contributed by atoms with Crippen LogP contribution in [-0.4, -0.2) is 16.5 Å². The van der Waals surface area contributed by atoms with Gasteiger partial charge in [0.15, 0.2) is 0 Å². The van der Waals surface area contributed by atoms with E-state index >= 15 is 0 Å². The second kappa shape index (κ2) is 2.12. The quantitative estimate of drug-likeness (QED) is 0.518. The van der Waals surface area contributed by atoms with Crippen LogP contribution in [0.2, 0.25) is 0 Å². The SMILES string of the molecule is O=C1CC[C@H]2C(Cl)C(Cl)[C@@H]12. The minimum absolute atomic E-state index is 0.0538. The average Bonchev–Trinajstić information content (AvgIpc) is 2.27. The number of ketones is 1. The molecule has 0 bridgehead atoms. The molecule has 2 aliphatic carbocycles. The Morgan fingerprint density at radius 3 is 2.60 bits per heavy atom. The Morgan fingerprint density at radius 1 is 1.30 bits per heavy atom. The van der Waals surface area contributed by atoms with Gasteiger partial charge in [0.1, 0.15) is 5.78 Å². The molecular formula is C7H8Cl2O. The first-order valence-corrected chi connectivity index (χ1v) is 4.40. The molecule has 0 saturated heterocycles. The maximum Gasteiger partial charge on any atom is 0.137 e. The number of hydrogen-bond acceptors (Lipinski definition) is 1. The Labute approximate surface area is 69.7 Å².